The summed E-state index contributed by atoms with van der Waals surface area (Å²) < 4.78 is 0. The fourth-order valence-corrected chi connectivity index (χ4v) is 2.94. The summed E-state index contributed by atoms with van der Waals surface area (Å²) in [5, 5.41) is 3.05. The number of piperidine rings is 1. The quantitative estimate of drug-likeness (QED) is 0.943. The number of carbonyl (C=O) groups is 2. The molecule has 0 saturated carbocycles. The van der Waals surface area contributed by atoms with Crippen molar-refractivity contribution < 1.29 is 9.59 Å². The van der Waals surface area contributed by atoms with Crippen LogP contribution in [0.4, 0.5) is 0 Å². The third kappa shape index (κ3) is 3.62. The van der Waals surface area contributed by atoms with Crippen molar-refractivity contribution in [1.29, 1.82) is 0 Å². The molecule has 3 rings (SSSR count). The summed E-state index contributed by atoms with van der Waals surface area (Å²) >= 11 is 0. The number of likely N-dealkylation sites (tertiary alicyclic amines) is 1. The molecule has 0 bridgehead atoms. The summed E-state index contributed by atoms with van der Waals surface area (Å²) in [6.07, 6.45) is 3.17. The van der Waals surface area contributed by atoms with Crippen LogP contribution in [0.1, 0.15) is 39.3 Å². The van der Waals surface area contributed by atoms with Gasteiger partial charge in [0.05, 0.1) is 0 Å². The topological polar surface area (TPSA) is 62.3 Å². The lowest BCUT2D eigenvalue weighted by Crippen LogP contribution is -2.46. The maximum Gasteiger partial charge on any atom is 0.272 e. The second-order valence-corrected chi connectivity index (χ2v) is 6.07. The van der Waals surface area contributed by atoms with E-state index < -0.39 is 0 Å². The number of pyridine rings is 1. The van der Waals surface area contributed by atoms with Crippen molar-refractivity contribution in [1.82, 2.24) is 15.2 Å². The SMILES string of the molecule is Cc1cccnc1C(=O)N1CCC(NC(=O)c2ccccc2)CC1. The molecule has 2 aromatic rings. The van der Waals surface area contributed by atoms with Gasteiger partial charge in [-0.3, -0.25) is 14.6 Å². The second-order valence-electron chi connectivity index (χ2n) is 6.07. The molecule has 1 N–H and O–H groups in total. The van der Waals surface area contributed by atoms with Crippen LogP contribution in [0.5, 0.6) is 0 Å². The van der Waals surface area contributed by atoms with Crippen LogP contribution in [0.2, 0.25) is 0 Å². The van der Waals surface area contributed by atoms with E-state index >= 15 is 0 Å². The number of nitrogens with one attached hydrogen (secondary N) is 1. The van der Waals surface area contributed by atoms with Crippen molar-refractivity contribution in [3.63, 3.8) is 0 Å². The lowest BCUT2D eigenvalue weighted by Gasteiger charge is -2.32. The average molecular weight is 323 g/mol. The maximum absolute atomic E-state index is 12.5. The summed E-state index contributed by atoms with van der Waals surface area (Å²) in [5.74, 6) is -0.0816. The van der Waals surface area contributed by atoms with Gasteiger partial charge in [-0.05, 0) is 43.5 Å². The first-order valence-electron chi connectivity index (χ1n) is 8.22. The van der Waals surface area contributed by atoms with Gasteiger partial charge in [0.25, 0.3) is 11.8 Å². The summed E-state index contributed by atoms with van der Waals surface area (Å²) in [6.45, 7) is 3.16. The minimum atomic E-state index is -0.0547. The normalized spacial score (nSPS) is 15.1. The van der Waals surface area contributed by atoms with Crippen LogP contribution in [-0.4, -0.2) is 40.8 Å². The van der Waals surface area contributed by atoms with E-state index in [0.29, 0.717) is 24.3 Å². The molecule has 2 heterocycles. The molecule has 1 aromatic carbocycles. The molecule has 2 amide bonds. The predicted octanol–water partition coefficient (Wildman–Crippen LogP) is 2.42. The summed E-state index contributed by atoms with van der Waals surface area (Å²) in [6, 6.07) is 13.0. The molecule has 0 spiro atoms. The maximum atomic E-state index is 12.5. The first-order chi connectivity index (χ1) is 11.6. The Morgan fingerprint density at radius 3 is 2.46 bits per heavy atom. The molecule has 5 nitrogen and oxygen atoms in total. The van der Waals surface area contributed by atoms with E-state index in [9.17, 15) is 9.59 Å². The molecule has 5 heteroatoms. The zero-order valence-corrected chi connectivity index (χ0v) is 13.7. The molecule has 0 unspecified atom stereocenters. The van der Waals surface area contributed by atoms with Gasteiger partial charge in [-0.1, -0.05) is 24.3 Å². The van der Waals surface area contributed by atoms with Crippen LogP contribution >= 0.6 is 0 Å². The molecule has 0 aliphatic carbocycles. The zero-order valence-electron chi connectivity index (χ0n) is 13.7. The number of hydrogen-bond acceptors (Lipinski definition) is 3. The second kappa shape index (κ2) is 7.25. The summed E-state index contributed by atoms with van der Waals surface area (Å²) in [4.78, 5) is 30.8. The Kier molecular flexibility index (Phi) is 4.89. The Balaban J connectivity index is 1.55. The van der Waals surface area contributed by atoms with Crippen molar-refractivity contribution in [3.05, 3.63) is 65.5 Å². The van der Waals surface area contributed by atoms with Crippen molar-refractivity contribution in [3.8, 4) is 0 Å². The Morgan fingerprint density at radius 1 is 1.08 bits per heavy atom. The van der Waals surface area contributed by atoms with Crippen LogP contribution in [0.25, 0.3) is 0 Å². The van der Waals surface area contributed by atoms with Crippen molar-refractivity contribution in [2.75, 3.05) is 13.1 Å². The molecule has 0 radical (unpaired) electrons. The fourth-order valence-electron chi connectivity index (χ4n) is 2.94. The van der Waals surface area contributed by atoms with Gasteiger partial charge in [-0.15, -0.1) is 0 Å². The molecular weight excluding hydrogens is 302 g/mol. The Morgan fingerprint density at radius 2 is 1.79 bits per heavy atom. The third-order valence-electron chi connectivity index (χ3n) is 4.37. The van der Waals surface area contributed by atoms with Crippen LogP contribution in [0.3, 0.4) is 0 Å². The lowest BCUT2D eigenvalue weighted by atomic mass is 10.0. The average Bonchev–Trinajstić information content (AvgIpc) is 2.63. The molecule has 1 aliphatic heterocycles. The number of carbonyl (C=O) groups excluding carboxylic acids is 2. The van der Waals surface area contributed by atoms with E-state index in [1.807, 2.05) is 42.2 Å². The van der Waals surface area contributed by atoms with E-state index in [4.69, 9.17) is 0 Å². The van der Waals surface area contributed by atoms with Gasteiger partial charge >= 0.3 is 0 Å². The molecule has 1 saturated heterocycles. The van der Waals surface area contributed by atoms with Gasteiger partial charge in [-0.25, -0.2) is 0 Å². The lowest BCUT2D eigenvalue weighted by molar-refractivity contribution is 0.0691. The highest BCUT2D eigenvalue weighted by Crippen LogP contribution is 2.15. The minimum Gasteiger partial charge on any atom is -0.349 e. The monoisotopic (exact) mass is 323 g/mol. The number of hydrogen-bond donors (Lipinski definition) is 1. The Hall–Kier alpha value is -2.69. The first kappa shape index (κ1) is 16.2. The van der Waals surface area contributed by atoms with Gasteiger partial charge < -0.3 is 10.2 Å². The largest absolute Gasteiger partial charge is 0.349 e. The Labute approximate surface area is 141 Å². The van der Waals surface area contributed by atoms with Crippen molar-refractivity contribution in [2.45, 2.75) is 25.8 Å². The van der Waals surface area contributed by atoms with E-state index in [1.165, 1.54) is 0 Å². The van der Waals surface area contributed by atoms with Crippen LogP contribution in [0, 0.1) is 6.92 Å². The molecule has 124 valence electrons. The molecule has 0 atom stereocenters. The van der Waals surface area contributed by atoms with E-state index in [0.717, 1.165) is 18.4 Å². The highest BCUT2D eigenvalue weighted by molar-refractivity contribution is 5.95. The number of amides is 2. The predicted molar refractivity (Wildman–Crippen MR) is 91.8 cm³/mol. The smallest absolute Gasteiger partial charge is 0.272 e. The van der Waals surface area contributed by atoms with Gasteiger partial charge in [0.15, 0.2) is 0 Å². The van der Waals surface area contributed by atoms with Crippen LogP contribution < -0.4 is 5.32 Å². The number of aromatic nitrogens is 1. The van der Waals surface area contributed by atoms with Crippen LogP contribution in [-0.2, 0) is 0 Å². The minimum absolute atomic E-state index is 0.0269. The number of rotatable bonds is 3. The highest BCUT2D eigenvalue weighted by Gasteiger charge is 2.26. The molecule has 1 aliphatic rings. The van der Waals surface area contributed by atoms with Gasteiger partial charge in [0.2, 0.25) is 0 Å². The Bertz CT molecular complexity index is 722. The number of nitrogens with zero attached hydrogens (tertiary/aromatic N) is 2. The third-order valence-corrected chi connectivity index (χ3v) is 4.37. The summed E-state index contributed by atoms with van der Waals surface area (Å²) in [7, 11) is 0. The van der Waals surface area contributed by atoms with Gasteiger partial charge in [0.1, 0.15) is 5.69 Å². The van der Waals surface area contributed by atoms with Crippen molar-refractivity contribution in [2.24, 2.45) is 0 Å². The first-order valence-corrected chi connectivity index (χ1v) is 8.22. The fraction of sp³-hybridized carbons (Fsp3) is 0.316. The molecule has 1 fully saturated rings. The molecular formula is C19H21N3O2. The number of aryl methyl sites for hydroxylation is 1. The molecule has 24 heavy (non-hydrogen) atoms. The van der Waals surface area contributed by atoms with E-state index in [2.05, 4.69) is 10.3 Å². The van der Waals surface area contributed by atoms with E-state index in [1.54, 1.807) is 18.3 Å². The standard InChI is InChI=1S/C19H21N3O2/c1-14-6-5-11-20-17(14)19(24)22-12-9-16(10-13-22)21-18(23)15-7-3-2-4-8-15/h2-8,11,16H,9-10,12-13H2,1H3,(H,21,23). The zero-order chi connectivity index (χ0) is 16.9. The van der Waals surface area contributed by atoms with E-state index in [-0.39, 0.29) is 17.9 Å². The van der Waals surface area contributed by atoms with Gasteiger partial charge in [0, 0.05) is 30.9 Å². The van der Waals surface area contributed by atoms with Crippen molar-refractivity contribution >= 4 is 11.8 Å². The summed E-state index contributed by atoms with van der Waals surface area (Å²) in [5.41, 5.74) is 2.08. The highest BCUT2D eigenvalue weighted by atomic mass is 16.2. The molecule has 1 aromatic heterocycles. The number of benzene rings is 1. The van der Waals surface area contributed by atoms with Gasteiger partial charge in [-0.2, -0.15) is 0 Å². The van der Waals surface area contributed by atoms with Crippen LogP contribution in [0.15, 0.2) is 48.7 Å².